The number of hydrogen-bond donors (Lipinski definition) is 3. The predicted octanol–water partition coefficient (Wildman–Crippen LogP) is 2.56. The zero-order chi connectivity index (χ0) is 18.1. The maximum atomic E-state index is 12.1. The largest absolute Gasteiger partial charge is 0.396 e. The lowest BCUT2D eigenvalue weighted by atomic mass is 10.2. The van der Waals surface area contributed by atoms with Crippen LogP contribution in [0.15, 0.2) is 29.2 Å². The molecular formula is C13H11Cl3N4O3S. The summed E-state index contributed by atoms with van der Waals surface area (Å²) in [4.78, 5) is 17.7. The lowest BCUT2D eigenvalue weighted by molar-refractivity contribution is 0.0940. The number of rotatable bonds is 4. The highest BCUT2D eigenvalue weighted by Crippen LogP contribution is 2.34. The summed E-state index contributed by atoms with van der Waals surface area (Å²) in [6, 6.07) is 6.03. The Morgan fingerprint density at radius 3 is 2.29 bits per heavy atom. The molecule has 0 unspecified atom stereocenters. The standard InChI is InChI=1S/C13H11Cl3N4O3S/c1-6-2-4-7(5-3-6)24(22,23)20-19-13(21)11-8(14)10(17)9(15)12(16)18-11/h2-5,20H,1H3,(H2,17,18)(H,19,21). The van der Waals surface area contributed by atoms with Gasteiger partial charge in [0.1, 0.15) is 5.02 Å². The van der Waals surface area contributed by atoms with Gasteiger partial charge in [0.15, 0.2) is 10.8 Å². The number of nitrogens with one attached hydrogen (secondary N) is 2. The zero-order valence-electron chi connectivity index (χ0n) is 12.1. The number of anilines is 1. The van der Waals surface area contributed by atoms with Crippen LogP contribution in [0, 0.1) is 6.92 Å². The Hall–Kier alpha value is -1.58. The highest BCUT2D eigenvalue weighted by atomic mass is 35.5. The SMILES string of the molecule is Cc1ccc(S(=O)(=O)NNC(=O)c2nc(Cl)c(Cl)c(N)c2Cl)cc1. The monoisotopic (exact) mass is 408 g/mol. The molecule has 0 saturated carbocycles. The number of pyridine rings is 1. The second-order valence-corrected chi connectivity index (χ2v) is 7.46. The van der Waals surface area contributed by atoms with Crippen LogP contribution in [0.25, 0.3) is 0 Å². The van der Waals surface area contributed by atoms with Gasteiger partial charge in [0, 0.05) is 0 Å². The molecule has 1 amide bonds. The molecule has 1 aromatic heterocycles. The maximum Gasteiger partial charge on any atom is 0.286 e. The number of carbonyl (C=O) groups excluding carboxylic acids is 1. The molecule has 0 aliphatic carbocycles. The summed E-state index contributed by atoms with van der Waals surface area (Å²) in [6.45, 7) is 1.81. The summed E-state index contributed by atoms with van der Waals surface area (Å²) < 4.78 is 24.2. The Kier molecular flexibility index (Phi) is 5.56. The normalized spacial score (nSPS) is 11.3. The minimum Gasteiger partial charge on any atom is -0.396 e. The molecule has 1 heterocycles. The Labute approximate surface area is 153 Å². The number of halogens is 3. The number of benzene rings is 1. The van der Waals surface area contributed by atoms with Gasteiger partial charge in [0.05, 0.1) is 15.6 Å². The number of hydrazine groups is 1. The number of carbonyl (C=O) groups is 1. The van der Waals surface area contributed by atoms with Gasteiger partial charge in [-0.1, -0.05) is 52.5 Å². The van der Waals surface area contributed by atoms with Crippen LogP contribution < -0.4 is 16.0 Å². The van der Waals surface area contributed by atoms with E-state index in [0.29, 0.717) is 0 Å². The lowest BCUT2D eigenvalue weighted by Gasteiger charge is -2.11. The summed E-state index contributed by atoms with van der Waals surface area (Å²) in [5.41, 5.74) is 7.98. The zero-order valence-corrected chi connectivity index (χ0v) is 15.2. The van der Waals surface area contributed by atoms with Gasteiger partial charge in [-0.2, -0.15) is 0 Å². The van der Waals surface area contributed by atoms with Crippen LogP contribution in [0.1, 0.15) is 16.1 Å². The third kappa shape index (κ3) is 3.90. The Morgan fingerprint density at radius 1 is 1.12 bits per heavy atom. The van der Waals surface area contributed by atoms with E-state index in [2.05, 4.69) is 4.98 Å². The molecular weight excluding hydrogens is 399 g/mol. The van der Waals surface area contributed by atoms with Crippen LogP contribution in [0.5, 0.6) is 0 Å². The smallest absolute Gasteiger partial charge is 0.286 e. The molecule has 0 aliphatic rings. The maximum absolute atomic E-state index is 12.1. The van der Waals surface area contributed by atoms with Gasteiger partial charge in [-0.25, -0.2) is 13.4 Å². The Balaban J connectivity index is 2.21. The van der Waals surface area contributed by atoms with E-state index in [1.165, 1.54) is 12.1 Å². The molecule has 0 bridgehead atoms. The van der Waals surface area contributed by atoms with Gasteiger partial charge in [-0.3, -0.25) is 10.2 Å². The van der Waals surface area contributed by atoms with E-state index < -0.39 is 15.9 Å². The molecule has 24 heavy (non-hydrogen) atoms. The molecule has 128 valence electrons. The molecule has 7 nitrogen and oxygen atoms in total. The van der Waals surface area contributed by atoms with Crippen LogP contribution in [0.4, 0.5) is 5.69 Å². The summed E-state index contributed by atoms with van der Waals surface area (Å²) in [7, 11) is -3.96. The number of nitrogens with zero attached hydrogens (tertiary/aromatic N) is 1. The molecule has 1 aromatic carbocycles. The fourth-order valence-electron chi connectivity index (χ4n) is 1.63. The van der Waals surface area contributed by atoms with E-state index in [0.717, 1.165) is 5.56 Å². The van der Waals surface area contributed by atoms with Crippen molar-refractivity contribution in [1.82, 2.24) is 15.2 Å². The van der Waals surface area contributed by atoms with E-state index in [-0.39, 0.29) is 31.5 Å². The minimum absolute atomic E-state index is 0.0268. The number of aryl methyl sites for hydroxylation is 1. The summed E-state index contributed by atoms with van der Waals surface area (Å²) in [5.74, 6) is -0.944. The quantitative estimate of drug-likeness (QED) is 0.530. The first-order valence-corrected chi connectivity index (χ1v) is 8.94. The van der Waals surface area contributed by atoms with Crippen molar-refractivity contribution in [2.75, 3.05) is 5.73 Å². The number of nitrogen functional groups attached to an aromatic ring is 1. The van der Waals surface area contributed by atoms with Gasteiger partial charge >= 0.3 is 0 Å². The van der Waals surface area contributed by atoms with E-state index in [4.69, 9.17) is 40.5 Å². The van der Waals surface area contributed by atoms with E-state index in [1.54, 1.807) is 12.1 Å². The van der Waals surface area contributed by atoms with Gasteiger partial charge in [0.25, 0.3) is 15.9 Å². The second-order valence-electron chi connectivity index (χ2n) is 4.67. The predicted molar refractivity (Wildman–Crippen MR) is 92.6 cm³/mol. The number of nitrogens with two attached hydrogens (primary N) is 1. The second kappa shape index (κ2) is 7.12. The molecule has 2 rings (SSSR count). The van der Waals surface area contributed by atoms with Crippen molar-refractivity contribution >= 4 is 56.4 Å². The third-order valence-corrected chi connectivity index (χ3v) is 5.32. The molecule has 4 N–H and O–H groups in total. The van der Waals surface area contributed by atoms with Gasteiger partial charge in [-0.15, -0.1) is 4.83 Å². The summed E-state index contributed by atoms with van der Waals surface area (Å²) in [5, 5.41) is -0.569. The van der Waals surface area contributed by atoms with Crippen molar-refractivity contribution in [3.8, 4) is 0 Å². The van der Waals surface area contributed by atoms with Gasteiger partial charge in [0.2, 0.25) is 0 Å². The van der Waals surface area contributed by atoms with Crippen molar-refractivity contribution in [3.63, 3.8) is 0 Å². The highest BCUT2D eigenvalue weighted by molar-refractivity contribution is 7.89. The first-order valence-electron chi connectivity index (χ1n) is 6.32. The van der Waals surface area contributed by atoms with Gasteiger partial charge in [-0.05, 0) is 19.1 Å². The summed E-state index contributed by atoms with van der Waals surface area (Å²) >= 11 is 17.4. The van der Waals surface area contributed by atoms with E-state index in [9.17, 15) is 13.2 Å². The molecule has 0 aliphatic heterocycles. The van der Waals surface area contributed by atoms with Crippen molar-refractivity contribution in [2.45, 2.75) is 11.8 Å². The van der Waals surface area contributed by atoms with Crippen LogP contribution in [0.2, 0.25) is 15.2 Å². The molecule has 0 atom stereocenters. The first kappa shape index (κ1) is 18.8. The average molecular weight is 410 g/mol. The molecule has 0 radical (unpaired) electrons. The van der Waals surface area contributed by atoms with Crippen molar-refractivity contribution in [3.05, 3.63) is 50.7 Å². The van der Waals surface area contributed by atoms with Crippen molar-refractivity contribution in [2.24, 2.45) is 0 Å². The fraction of sp³-hybridized carbons (Fsp3) is 0.0769. The van der Waals surface area contributed by atoms with Crippen LogP contribution in [-0.4, -0.2) is 19.3 Å². The number of sulfonamides is 1. The third-order valence-electron chi connectivity index (χ3n) is 2.92. The molecule has 0 spiro atoms. The van der Waals surface area contributed by atoms with Crippen LogP contribution in [0.3, 0.4) is 0 Å². The van der Waals surface area contributed by atoms with E-state index in [1.807, 2.05) is 17.2 Å². The Morgan fingerprint density at radius 2 is 1.71 bits per heavy atom. The lowest BCUT2D eigenvalue weighted by Crippen LogP contribution is -2.42. The molecule has 0 fully saturated rings. The topological polar surface area (TPSA) is 114 Å². The summed E-state index contributed by atoms with van der Waals surface area (Å²) in [6.07, 6.45) is 0. The van der Waals surface area contributed by atoms with Crippen LogP contribution >= 0.6 is 34.8 Å². The van der Waals surface area contributed by atoms with Crippen molar-refractivity contribution in [1.29, 1.82) is 0 Å². The van der Waals surface area contributed by atoms with E-state index >= 15 is 0 Å². The Bertz CT molecular complexity index is 902. The van der Waals surface area contributed by atoms with Crippen LogP contribution in [-0.2, 0) is 10.0 Å². The number of aromatic nitrogens is 1. The number of amides is 1. The van der Waals surface area contributed by atoms with Gasteiger partial charge < -0.3 is 5.73 Å². The fourth-order valence-corrected chi connectivity index (χ4v) is 3.06. The number of hydrogen-bond acceptors (Lipinski definition) is 5. The molecule has 0 saturated heterocycles. The minimum atomic E-state index is -3.96. The average Bonchev–Trinajstić information content (AvgIpc) is 2.54. The van der Waals surface area contributed by atoms with Crippen molar-refractivity contribution < 1.29 is 13.2 Å². The first-order chi connectivity index (χ1) is 11.1. The molecule has 2 aromatic rings. The molecule has 11 heteroatoms. The highest BCUT2D eigenvalue weighted by Gasteiger charge is 2.21.